The Labute approximate surface area is 165 Å². The number of nitrogens with one attached hydrogen (secondary N) is 1. The van der Waals surface area contributed by atoms with E-state index >= 15 is 0 Å². The molecule has 1 N–H and O–H groups in total. The third-order valence-electron chi connectivity index (χ3n) is 5.79. The van der Waals surface area contributed by atoms with Crippen LogP contribution < -0.4 is 5.32 Å². The number of imidazole rings is 1. The first-order valence-electron chi connectivity index (χ1n) is 10.1. The van der Waals surface area contributed by atoms with Gasteiger partial charge in [0.05, 0.1) is 11.7 Å². The van der Waals surface area contributed by atoms with Crippen molar-refractivity contribution in [1.82, 2.24) is 34.8 Å². The zero-order valence-corrected chi connectivity index (χ0v) is 16.9. The highest BCUT2D eigenvalue weighted by Crippen LogP contribution is 2.26. The topological polar surface area (TPSA) is 92.3 Å². The molecule has 0 aliphatic carbocycles. The lowest BCUT2D eigenvalue weighted by Crippen LogP contribution is -2.52. The van der Waals surface area contributed by atoms with Crippen LogP contribution in [-0.4, -0.2) is 68.2 Å². The van der Waals surface area contributed by atoms with Gasteiger partial charge >= 0.3 is 6.03 Å². The molecule has 9 nitrogen and oxygen atoms in total. The summed E-state index contributed by atoms with van der Waals surface area (Å²) in [4.78, 5) is 25.8. The molecule has 28 heavy (non-hydrogen) atoms. The number of piperazine rings is 1. The van der Waals surface area contributed by atoms with Crippen molar-refractivity contribution in [2.75, 3.05) is 32.7 Å². The summed E-state index contributed by atoms with van der Waals surface area (Å²) in [5, 5.41) is 6.99. The lowest BCUT2D eigenvalue weighted by molar-refractivity contribution is 0.0998. The van der Waals surface area contributed by atoms with Crippen LogP contribution in [0.1, 0.15) is 55.0 Å². The first kappa shape index (κ1) is 18.9. The molecule has 0 aromatic carbocycles. The van der Waals surface area contributed by atoms with Crippen LogP contribution in [0.4, 0.5) is 4.79 Å². The fraction of sp³-hybridized carbons (Fsp3) is 0.684. The van der Waals surface area contributed by atoms with E-state index in [0.29, 0.717) is 37.3 Å². The van der Waals surface area contributed by atoms with Gasteiger partial charge in [-0.3, -0.25) is 4.90 Å². The Morgan fingerprint density at radius 2 is 2.04 bits per heavy atom. The molecule has 2 aliphatic rings. The third-order valence-corrected chi connectivity index (χ3v) is 5.79. The van der Waals surface area contributed by atoms with Crippen molar-refractivity contribution < 1.29 is 9.32 Å². The van der Waals surface area contributed by atoms with E-state index < -0.39 is 0 Å². The van der Waals surface area contributed by atoms with Gasteiger partial charge in [0.25, 0.3) is 0 Å². The molecule has 2 aromatic rings. The maximum Gasteiger partial charge on any atom is 0.317 e. The number of aryl methyl sites for hydroxylation is 3. The molecule has 1 fully saturated rings. The fourth-order valence-electron chi connectivity index (χ4n) is 4.17. The van der Waals surface area contributed by atoms with Crippen molar-refractivity contribution in [2.24, 2.45) is 0 Å². The predicted octanol–water partition coefficient (Wildman–Crippen LogP) is 1.85. The number of aromatic nitrogens is 4. The van der Waals surface area contributed by atoms with Crippen molar-refractivity contribution in [2.45, 2.75) is 52.1 Å². The normalized spacial score (nSPS) is 21.4. The Kier molecular flexibility index (Phi) is 5.34. The van der Waals surface area contributed by atoms with E-state index in [4.69, 9.17) is 4.52 Å². The number of nitrogens with zero attached hydrogens (tertiary/aromatic N) is 6. The Balaban J connectivity index is 1.27. The first-order chi connectivity index (χ1) is 13.5. The van der Waals surface area contributed by atoms with Gasteiger partial charge in [-0.25, -0.2) is 9.78 Å². The largest absolute Gasteiger partial charge is 0.338 e. The van der Waals surface area contributed by atoms with Crippen molar-refractivity contribution >= 4 is 6.03 Å². The zero-order valence-electron chi connectivity index (χ0n) is 16.9. The molecule has 4 rings (SSSR count). The van der Waals surface area contributed by atoms with E-state index in [-0.39, 0.29) is 12.1 Å². The van der Waals surface area contributed by atoms with Crippen LogP contribution in [0, 0.1) is 13.8 Å². The molecule has 0 radical (unpaired) electrons. The average molecular weight is 387 g/mol. The summed E-state index contributed by atoms with van der Waals surface area (Å²) in [5.41, 5.74) is 1.05. The molecule has 0 bridgehead atoms. The second-order valence-corrected chi connectivity index (χ2v) is 7.84. The van der Waals surface area contributed by atoms with Crippen LogP contribution in [0.5, 0.6) is 0 Å². The summed E-state index contributed by atoms with van der Waals surface area (Å²) >= 11 is 0. The van der Waals surface area contributed by atoms with E-state index in [1.807, 2.05) is 18.7 Å². The van der Waals surface area contributed by atoms with Gasteiger partial charge in [-0.05, 0) is 33.6 Å². The summed E-state index contributed by atoms with van der Waals surface area (Å²) < 4.78 is 7.52. The highest BCUT2D eigenvalue weighted by molar-refractivity contribution is 5.74. The number of hydrogen-bond acceptors (Lipinski definition) is 6. The lowest BCUT2D eigenvalue weighted by Gasteiger charge is -2.37. The second-order valence-electron chi connectivity index (χ2n) is 7.84. The van der Waals surface area contributed by atoms with E-state index in [1.165, 1.54) is 0 Å². The smallest absolute Gasteiger partial charge is 0.317 e. The minimum absolute atomic E-state index is 0.0151. The number of amides is 2. The minimum atomic E-state index is 0.0151. The molecule has 152 valence electrons. The zero-order chi connectivity index (χ0) is 19.7. The Morgan fingerprint density at radius 1 is 1.25 bits per heavy atom. The molecule has 2 aliphatic heterocycles. The number of urea groups is 1. The van der Waals surface area contributed by atoms with Crippen LogP contribution >= 0.6 is 0 Å². The van der Waals surface area contributed by atoms with Crippen molar-refractivity contribution in [3.05, 3.63) is 29.4 Å². The average Bonchev–Trinajstić information content (AvgIpc) is 3.30. The van der Waals surface area contributed by atoms with Gasteiger partial charge in [0.15, 0.2) is 5.82 Å². The Hall–Kier alpha value is -2.42. The van der Waals surface area contributed by atoms with Gasteiger partial charge < -0.3 is 19.3 Å². The van der Waals surface area contributed by atoms with Gasteiger partial charge in [0.1, 0.15) is 5.82 Å². The molecule has 2 aromatic heterocycles. The molecular formula is C19H29N7O2. The van der Waals surface area contributed by atoms with Crippen LogP contribution in [0.2, 0.25) is 0 Å². The second kappa shape index (κ2) is 7.90. The number of rotatable bonds is 4. The van der Waals surface area contributed by atoms with E-state index in [9.17, 15) is 4.79 Å². The summed E-state index contributed by atoms with van der Waals surface area (Å²) in [5.74, 6) is 2.70. The number of fused-ring (bicyclic) bond motifs is 1. The standard InChI is InChI=1S/C19H29N7O2/c1-13-12-26-6-4-5-16(17(26)21-13)11-20-19(27)25-9-7-24(8-10-25)14(2)18-22-15(3)23-28-18/h12,14,16H,4-11H2,1-3H3,(H,20,27). The minimum Gasteiger partial charge on any atom is -0.338 e. The summed E-state index contributed by atoms with van der Waals surface area (Å²) in [6.07, 6.45) is 4.31. The molecule has 1 saturated heterocycles. The van der Waals surface area contributed by atoms with Gasteiger partial charge in [0.2, 0.25) is 5.89 Å². The maximum atomic E-state index is 12.6. The maximum absolute atomic E-state index is 12.6. The van der Waals surface area contributed by atoms with Crippen LogP contribution in [0.15, 0.2) is 10.7 Å². The molecule has 2 amide bonds. The van der Waals surface area contributed by atoms with Crippen molar-refractivity contribution in [1.29, 1.82) is 0 Å². The van der Waals surface area contributed by atoms with E-state index in [2.05, 4.69) is 43.0 Å². The number of hydrogen-bond donors (Lipinski definition) is 1. The van der Waals surface area contributed by atoms with Crippen LogP contribution in [0.3, 0.4) is 0 Å². The van der Waals surface area contributed by atoms with Gasteiger partial charge in [0, 0.05) is 51.4 Å². The summed E-state index contributed by atoms with van der Waals surface area (Å²) in [6.45, 7) is 10.6. The van der Waals surface area contributed by atoms with Gasteiger partial charge in [-0.1, -0.05) is 5.16 Å². The number of carbonyl (C=O) groups excluding carboxylic acids is 1. The predicted molar refractivity (Wildman–Crippen MR) is 103 cm³/mol. The summed E-state index contributed by atoms with van der Waals surface area (Å²) in [6, 6.07) is 0.0806. The Morgan fingerprint density at radius 3 is 2.75 bits per heavy atom. The molecule has 9 heteroatoms. The van der Waals surface area contributed by atoms with E-state index in [1.54, 1.807) is 0 Å². The molecule has 4 heterocycles. The van der Waals surface area contributed by atoms with Gasteiger partial charge in [-0.2, -0.15) is 4.98 Å². The quantitative estimate of drug-likeness (QED) is 0.861. The highest BCUT2D eigenvalue weighted by atomic mass is 16.5. The lowest BCUT2D eigenvalue weighted by atomic mass is 9.99. The fourth-order valence-corrected chi connectivity index (χ4v) is 4.17. The molecular weight excluding hydrogens is 358 g/mol. The Bertz CT molecular complexity index is 822. The molecule has 0 saturated carbocycles. The van der Waals surface area contributed by atoms with Crippen molar-refractivity contribution in [3.63, 3.8) is 0 Å². The summed E-state index contributed by atoms with van der Waals surface area (Å²) in [7, 11) is 0. The SMILES string of the molecule is Cc1cn2c(n1)C(CNC(=O)N1CCN(C(C)c3nc(C)no3)CC1)CCC2. The van der Waals surface area contributed by atoms with Crippen LogP contribution in [-0.2, 0) is 6.54 Å². The van der Waals surface area contributed by atoms with Crippen molar-refractivity contribution in [3.8, 4) is 0 Å². The molecule has 2 unspecified atom stereocenters. The third kappa shape index (κ3) is 3.89. The van der Waals surface area contributed by atoms with Crippen LogP contribution in [0.25, 0.3) is 0 Å². The highest BCUT2D eigenvalue weighted by Gasteiger charge is 2.28. The van der Waals surface area contributed by atoms with Gasteiger partial charge in [-0.15, -0.1) is 0 Å². The van der Waals surface area contributed by atoms with E-state index in [0.717, 1.165) is 44.0 Å². The monoisotopic (exact) mass is 387 g/mol. The molecule has 2 atom stereocenters. The number of carbonyl (C=O) groups is 1. The first-order valence-corrected chi connectivity index (χ1v) is 10.1. The molecule has 0 spiro atoms.